The molecule has 1 N–H and O–H groups in total. The molecule has 0 spiro atoms. The van der Waals surface area contributed by atoms with Gasteiger partial charge in [-0.05, 0) is 25.5 Å². The molecular weight excluding hydrogens is 160 g/mol. The Bertz CT molecular complexity index is 279. The van der Waals surface area contributed by atoms with Gasteiger partial charge in [-0.1, -0.05) is 18.2 Å². The predicted octanol–water partition coefficient (Wildman–Crippen LogP) is 2.06. The van der Waals surface area contributed by atoms with Crippen LogP contribution in [0.25, 0.3) is 0 Å². The second kappa shape index (κ2) is 5.49. The minimum Gasteiger partial charge on any atom is -0.308 e. The van der Waals surface area contributed by atoms with Crippen LogP contribution in [0.15, 0.2) is 30.5 Å². The highest BCUT2D eigenvalue weighted by Gasteiger charge is 1.95. The standard InChI is InChI=1S/C11H16N2/c1-3-4-7-12-9-11-10(2)6-5-8-13-11/h3-6,8,12H,7,9H2,1-2H3/b4-3+. The first-order chi connectivity index (χ1) is 6.34. The summed E-state index contributed by atoms with van der Waals surface area (Å²) in [4.78, 5) is 4.29. The number of rotatable bonds is 4. The molecule has 0 saturated carbocycles. The van der Waals surface area contributed by atoms with Crippen LogP contribution in [0, 0.1) is 6.92 Å². The quantitative estimate of drug-likeness (QED) is 0.561. The molecule has 0 radical (unpaired) electrons. The maximum absolute atomic E-state index is 4.29. The maximum Gasteiger partial charge on any atom is 0.0570 e. The Kier molecular flexibility index (Phi) is 4.19. The van der Waals surface area contributed by atoms with Crippen molar-refractivity contribution in [2.24, 2.45) is 0 Å². The van der Waals surface area contributed by atoms with Crippen LogP contribution >= 0.6 is 0 Å². The van der Waals surface area contributed by atoms with Crippen LogP contribution < -0.4 is 5.32 Å². The number of aryl methyl sites for hydroxylation is 1. The molecule has 0 amide bonds. The molecule has 0 fully saturated rings. The number of aromatic nitrogens is 1. The summed E-state index contributed by atoms with van der Waals surface area (Å²) in [5, 5.41) is 3.29. The fraction of sp³-hybridized carbons (Fsp3) is 0.364. The van der Waals surface area contributed by atoms with Gasteiger partial charge in [0, 0.05) is 19.3 Å². The number of allylic oxidation sites excluding steroid dienone is 1. The van der Waals surface area contributed by atoms with Gasteiger partial charge in [0.1, 0.15) is 0 Å². The Balaban J connectivity index is 2.41. The zero-order chi connectivity index (χ0) is 9.52. The van der Waals surface area contributed by atoms with E-state index in [1.165, 1.54) is 5.56 Å². The fourth-order valence-electron chi connectivity index (χ4n) is 1.10. The molecule has 2 nitrogen and oxygen atoms in total. The van der Waals surface area contributed by atoms with Gasteiger partial charge in [-0.15, -0.1) is 0 Å². The lowest BCUT2D eigenvalue weighted by atomic mass is 10.2. The Morgan fingerprint density at radius 1 is 1.54 bits per heavy atom. The zero-order valence-corrected chi connectivity index (χ0v) is 8.25. The first kappa shape index (κ1) is 9.93. The van der Waals surface area contributed by atoms with Crippen LogP contribution in [0.3, 0.4) is 0 Å². The van der Waals surface area contributed by atoms with Gasteiger partial charge in [-0.2, -0.15) is 0 Å². The zero-order valence-electron chi connectivity index (χ0n) is 8.25. The van der Waals surface area contributed by atoms with Gasteiger partial charge in [0.25, 0.3) is 0 Å². The van der Waals surface area contributed by atoms with E-state index in [0.29, 0.717) is 0 Å². The molecular formula is C11H16N2. The van der Waals surface area contributed by atoms with Crippen molar-refractivity contribution in [3.05, 3.63) is 41.7 Å². The van der Waals surface area contributed by atoms with Gasteiger partial charge in [-0.25, -0.2) is 0 Å². The third-order valence-corrected chi connectivity index (χ3v) is 1.91. The van der Waals surface area contributed by atoms with Crippen LogP contribution in [-0.4, -0.2) is 11.5 Å². The summed E-state index contributed by atoms with van der Waals surface area (Å²) in [6.07, 6.45) is 5.97. The second-order valence-corrected chi connectivity index (χ2v) is 2.97. The Hall–Kier alpha value is -1.15. The highest BCUT2D eigenvalue weighted by molar-refractivity contribution is 5.17. The van der Waals surface area contributed by atoms with Crippen LogP contribution in [0.5, 0.6) is 0 Å². The lowest BCUT2D eigenvalue weighted by molar-refractivity contribution is 0.734. The van der Waals surface area contributed by atoms with Gasteiger partial charge in [0.15, 0.2) is 0 Å². The van der Waals surface area contributed by atoms with Gasteiger partial charge in [0.05, 0.1) is 5.69 Å². The molecule has 70 valence electrons. The van der Waals surface area contributed by atoms with Crippen molar-refractivity contribution >= 4 is 0 Å². The summed E-state index contributed by atoms with van der Waals surface area (Å²) in [6.45, 7) is 5.86. The monoisotopic (exact) mass is 176 g/mol. The second-order valence-electron chi connectivity index (χ2n) is 2.97. The van der Waals surface area contributed by atoms with Crippen LogP contribution in [0.2, 0.25) is 0 Å². The molecule has 1 rings (SSSR count). The molecule has 1 aromatic heterocycles. The van der Waals surface area contributed by atoms with Crippen molar-refractivity contribution in [1.82, 2.24) is 10.3 Å². The van der Waals surface area contributed by atoms with Gasteiger partial charge in [0.2, 0.25) is 0 Å². The van der Waals surface area contributed by atoms with Crippen molar-refractivity contribution in [2.75, 3.05) is 6.54 Å². The average molecular weight is 176 g/mol. The van der Waals surface area contributed by atoms with Crippen molar-refractivity contribution < 1.29 is 0 Å². The summed E-state index contributed by atoms with van der Waals surface area (Å²) in [5.41, 5.74) is 2.38. The van der Waals surface area contributed by atoms with Crippen LogP contribution in [0.4, 0.5) is 0 Å². The molecule has 1 aromatic rings. The first-order valence-corrected chi connectivity index (χ1v) is 4.57. The summed E-state index contributed by atoms with van der Waals surface area (Å²) < 4.78 is 0. The summed E-state index contributed by atoms with van der Waals surface area (Å²) in [7, 11) is 0. The number of hydrogen-bond acceptors (Lipinski definition) is 2. The van der Waals surface area contributed by atoms with Gasteiger partial charge in [-0.3, -0.25) is 4.98 Å². The molecule has 0 aliphatic rings. The van der Waals surface area contributed by atoms with E-state index in [0.717, 1.165) is 18.8 Å². The minimum atomic E-state index is 0.844. The smallest absolute Gasteiger partial charge is 0.0570 e. The largest absolute Gasteiger partial charge is 0.308 e. The van der Waals surface area contributed by atoms with E-state index in [1.807, 2.05) is 25.3 Å². The fourth-order valence-corrected chi connectivity index (χ4v) is 1.10. The van der Waals surface area contributed by atoms with E-state index in [4.69, 9.17) is 0 Å². The lowest BCUT2D eigenvalue weighted by Gasteiger charge is -2.03. The maximum atomic E-state index is 4.29. The Labute approximate surface area is 79.7 Å². The van der Waals surface area contributed by atoms with E-state index in [1.54, 1.807) is 0 Å². The van der Waals surface area contributed by atoms with E-state index < -0.39 is 0 Å². The summed E-state index contributed by atoms with van der Waals surface area (Å²) >= 11 is 0. The number of pyridine rings is 1. The van der Waals surface area contributed by atoms with E-state index in [-0.39, 0.29) is 0 Å². The molecule has 0 aliphatic carbocycles. The molecule has 0 bridgehead atoms. The van der Waals surface area contributed by atoms with E-state index >= 15 is 0 Å². The topological polar surface area (TPSA) is 24.9 Å². The molecule has 13 heavy (non-hydrogen) atoms. The molecule has 0 aromatic carbocycles. The first-order valence-electron chi connectivity index (χ1n) is 4.57. The molecule has 0 atom stereocenters. The average Bonchev–Trinajstić information content (AvgIpc) is 2.15. The summed E-state index contributed by atoms with van der Waals surface area (Å²) in [6, 6.07) is 4.05. The van der Waals surface area contributed by atoms with Gasteiger partial charge < -0.3 is 5.32 Å². The Morgan fingerprint density at radius 3 is 3.08 bits per heavy atom. The highest BCUT2D eigenvalue weighted by atomic mass is 14.9. The summed E-state index contributed by atoms with van der Waals surface area (Å²) in [5.74, 6) is 0. The van der Waals surface area contributed by atoms with E-state index in [2.05, 4.69) is 29.4 Å². The predicted molar refractivity (Wildman–Crippen MR) is 55.5 cm³/mol. The third-order valence-electron chi connectivity index (χ3n) is 1.91. The Morgan fingerprint density at radius 2 is 2.38 bits per heavy atom. The van der Waals surface area contributed by atoms with Crippen LogP contribution in [0.1, 0.15) is 18.2 Å². The lowest BCUT2D eigenvalue weighted by Crippen LogP contribution is -2.14. The highest BCUT2D eigenvalue weighted by Crippen LogP contribution is 2.01. The van der Waals surface area contributed by atoms with Crippen molar-refractivity contribution in [2.45, 2.75) is 20.4 Å². The SMILES string of the molecule is C/C=C/CNCc1ncccc1C. The molecule has 2 heteroatoms. The van der Waals surface area contributed by atoms with Gasteiger partial charge >= 0.3 is 0 Å². The molecule has 0 unspecified atom stereocenters. The van der Waals surface area contributed by atoms with Crippen molar-refractivity contribution in [3.63, 3.8) is 0 Å². The number of nitrogens with one attached hydrogen (secondary N) is 1. The normalized spacial score (nSPS) is 10.9. The molecule has 0 aliphatic heterocycles. The molecule has 0 saturated heterocycles. The number of nitrogens with zero attached hydrogens (tertiary/aromatic N) is 1. The van der Waals surface area contributed by atoms with Crippen molar-refractivity contribution in [1.29, 1.82) is 0 Å². The molecule has 1 heterocycles. The van der Waals surface area contributed by atoms with Crippen LogP contribution in [-0.2, 0) is 6.54 Å². The minimum absolute atomic E-state index is 0.844. The third kappa shape index (κ3) is 3.38. The number of hydrogen-bond donors (Lipinski definition) is 1. The van der Waals surface area contributed by atoms with Crippen molar-refractivity contribution in [3.8, 4) is 0 Å². The van der Waals surface area contributed by atoms with E-state index in [9.17, 15) is 0 Å².